The molecule has 3 aromatic rings. The molecule has 3 aromatic heterocycles. The van der Waals surface area contributed by atoms with Crippen molar-refractivity contribution in [1.82, 2.24) is 30.2 Å². The number of carbonyl (C=O) groups is 1. The number of carbonyl (C=O) groups excluding carboxylic acids is 1. The van der Waals surface area contributed by atoms with Crippen molar-refractivity contribution >= 4 is 21.9 Å². The summed E-state index contributed by atoms with van der Waals surface area (Å²) in [4.78, 5) is 34.9. The van der Waals surface area contributed by atoms with E-state index in [1.807, 2.05) is 19.1 Å². The van der Waals surface area contributed by atoms with Gasteiger partial charge in [0.2, 0.25) is 27.8 Å². The number of nitrogens with two attached hydrogens (primary N) is 1. The predicted molar refractivity (Wildman–Crippen MR) is 135 cm³/mol. The molecule has 5 rings (SSSR count). The maximum Gasteiger partial charge on any atom is 0.237 e. The Morgan fingerprint density at radius 3 is 2.73 bits per heavy atom. The predicted octanol–water partition coefficient (Wildman–Crippen LogP) is 1.13. The Bertz CT molecular complexity index is 1400. The Labute approximate surface area is 214 Å². The van der Waals surface area contributed by atoms with Crippen LogP contribution in [-0.4, -0.2) is 64.2 Å². The molecule has 0 bridgehead atoms. The molecule has 2 unspecified atom stereocenters. The van der Waals surface area contributed by atoms with Crippen molar-refractivity contribution < 1.29 is 17.9 Å². The van der Waals surface area contributed by atoms with Gasteiger partial charge in [0.25, 0.3) is 0 Å². The molecule has 194 valence electrons. The molecule has 1 amide bonds. The van der Waals surface area contributed by atoms with Crippen molar-refractivity contribution in [3.8, 4) is 17.1 Å². The van der Waals surface area contributed by atoms with Gasteiger partial charge in [0, 0.05) is 36.1 Å². The smallest absolute Gasteiger partial charge is 0.237 e. The second-order valence-corrected chi connectivity index (χ2v) is 11.1. The van der Waals surface area contributed by atoms with Crippen LogP contribution in [0.25, 0.3) is 11.3 Å². The second kappa shape index (κ2) is 9.98. The van der Waals surface area contributed by atoms with Gasteiger partial charge < -0.3 is 15.8 Å². The Hall–Kier alpha value is -3.71. The maximum absolute atomic E-state index is 13.1. The van der Waals surface area contributed by atoms with Crippen molar-refractivity contribution in [3.05, 3.63) is 54.4 Å². The van der Waals surface area contributed by atoms with Gasteiger partial charge in [-0.3, -0.25) is 19.5 Å². The fourth-order valence-electron chi connectivity index (χ4n) is 4.68. The zero-order chi connectivity index (χ0) is 26.0. The molecule has 13 heteroatoms. The van der Waals surface area contributed by atoms with Crippen LogP contribution in [-0.2, 0) is 20.2 Å². The first-order chi connectivity index (χ1) is 17.8. The van der Waals surface area contributed by atoms with Crippen molar-refractivity contribution in [3.63, 3.8) is 0 Å². The van der Waals surface area contributed by atoms with Crippen LogP contribution in [0, 0.1) is 0 Å². The molecule has 1 aliphatic carbocycles. The minimum atomic E-state index is -3.57. The monoisotopic (exact) mass is 524 g/mol. The largest absolute Gasteiger partial charge is 0.477 e. The van der Waals surface area contributed by atoms with Crippen molar-refractivity contribution in [2.45, 2.75) is 42.8 Å². The summed E-state index contributed by atoms with van der Waals surface area (Å²) in [5.41, 5.74) is 7.17. The Balaban J connectivity index is 1.48. The Morgan fingerprint density at radius 2 is 2.03 bits per heavy atom. The normalized spacial score (nSPS) is 21.8. The third-order valence-electron chi connectivity index (χ3n) is 6.73. The van der Waals surface area contributed by atoms with E-state index >= 15 is 0 Å². The third-order valence-corrected chi connectivity index (χ3v) is 8.55. The molecule has 2 aliphatic rings. The third kappa shape index (κ3) is 4.96. The van der Waals surface area contributed by atoms with Gasteiger partial charge in [0.05, 0.1) is 35.6 Å². The number of nitrogens with one attached hydrogen (secondary N) is 2. The molecule has 0 spiro atoms. The lowest BCUT2D eigenvalue weighted by Crippen LogP contribution is -2.54. The molecule has 0 aromatic carbocycles. The first kappa shape index (κ1) is 25.0. The maximum atomic E-state index is 13.1. The quantitative estimate of drug-likeness (QED) is 0.368. The van der Waals surface area contributed by atoms with Gasteiger partial charge in [0.15, 0.2) is 0 Å². The van der Waals surface area contributed by atoms with Gasteiger partial charge >= 0.3 is 0 Å². The van der Waals surface area contributed by atoms with E-state index in [4.69, 9.17) is 10.5 Å². The minimum Gasteiger partial charge on any atom is -0.477 e. The fourth-order valence-corrected chi connectivity index (χ4v) is 5.95. The van der Waals surface area contributed by atoms with E-state index in [0.717, 1.165) is 5.56 Å². The number of piperidine rings is 1. The van der Waals surface area contributed by atoms with E-state index in [2.05, 4.69) is 35.0 Å². The number of primary amides is 1. The molecular formula is C24H28N8O4S. The van der Waals surface area contributed by atoms with Crippen LogP contribution in [0.1, 0.15) is 43.5 Å². The fraction of sp³-hybridized carbons (Fsp3) is 0.417. The average molecular weight is 525 g/mol. The first-order valence-corrected chi connectivity index (χ1v) is 13.6. The number of amides is 1. The number of hydrogen-bond acceptors (Lipinski definition) is 10. The number of anilines is 1. The standard InChI is InChI=1S/C24H28N8O4S/c1-2-36-21-14-27-13-19(30-21)15-3-6-18(29-11-15)17-12-26-10-8-24(17,22(25)33)20-7-9-28-23(31-20)32-37(34,35)16-4-5-16/h3,6-7,9,11,13-14,16-17,26H,2,4-5,8,10,12H2,1H3,(H2,25,33)(H,28,31,32). The molecule has 4 heterocycles. The van der Waals surface area contributed by atoms with Crippen molar-refractivity contribution in [2.24, 2.45) is 5.73 Å². The molecule has 12 nitrogen and oxygen atoms in total. The van der Waals surface area contributed by atoms with E-state index < -0.39 is 32.5 Å². The summed E-state index contributed by atoms with van der Waals surface area (Å²) in [5.74, 6) is -0.658. The Kier molecular flexibility index (Phi) is 6.73. The lowest BCUT2D eigenvalue weighted by atomic mass is 9.66. The first-order valence-electron chi connectivity index (χ1n) is 12.1. The molecule has 0 radical (unpaired) electrons. The van der Waals surface area contributed by atoms with Crippen LogP contribution in [0.3, 0.4) is 0 Å². The highest BCUT2D eigenvalue weighted by atomic mass is 32.2. The molecule has 2 fully saturated rings. The molecular weight excluding hydrogens is 496 g/mol. The van der Waals surface area contributed by atoms with Gasteiger partial charge in [-0.15, -0.1) is 0 Å². The van der Waals surface area contributed by atoms with E-state index in [0.29, 0.717) is 61.9 Å². The van der Waals surface area contributed by atoms with Gasteiger partial charge in [0.1, 0.15) is 5.41 Å². The highest BCUT2D eigenvalue weighted by Gasteiger charge is 2.50. The van der Waals surface area contributed by atoms with Crippen LogP contribution < -0.4 is 20.5 Å². The number of sulfonamides is 1. The molecule has 4 N–H and O–H groups in total. The summed E-state index contributed by atoms with van der Waals surface area (Å²) < 4.78 is 32.8. The van der Waals surface area contributed by atoms with Crippen LogP contribution in [0.15, 0.2) is 43.0 Å². The summed E-state index contributed by atoms with van der Waals surface area (Å²) in [5, 5.41) is 2.88. The van der Waals surface area contributed by atoms with Crippen LogP contribution >= 0.6 is 0 Å². The summed E-state index contributed by atoms with van der Waals surface area (Å²) in [6.07, 6.45) is 7.87. The molecule has 1 saturated carbocycles. The van der Waals surface area contributed by atoms with Crippen molar-refractivity contribution in [1.29, 1.82) is 0 Å². The minimum absolute atomic E-state index is 0.0710. The van der Waals surface area contributed by atoms with Gasteiger partial charge in [-0.25, -0.2) is 23.4 Å². The summed E-state index contributed by atoms with van der Waals surface area (Å²) in [6, 6.07) is 5.30. The number of aromatic nitrogens is 5. The number of hydrogen-bond donors (Lipinski definition) is 3. The van der Waals surface area contributed by atoms with Gasteiger partial charge in [-0.05, 0) is 50.9 Å². The van der Waals surface area contributed by atoms with Crippen LogP contribution in [0.5, 0.6) is 5.88 Å². The summed E-state index contributed by atoms with van der Waals surface area (Å²) in [7, 11) is -3.57. The highest BCUT2D eigenvalue weighted by Crippen LogP contribution is 2.42. The Morgan fingerprint density at radius 1 is 1.19 bits per heavy atom. The van der Waals surface area contributed by atoms with Gasteiger partial charge in [-0.1, -0.05) is 0 Å². The molecule has 1 saturated heterocycles. The zero-order valence-electron chi connectivity index (χ0n) is 20.3. The topological polar surface area (TPSA) is 175 Å². The van der Waals surface area contributed by atoms with E-state index in [1.54, 1.807) is 24.7 Å². The van der Waals surface area contributed by atoms with E-state index in [9.17, 15) is 13.2 Å². The average Bonchev–Trinajstić information content (AvgIpc) is 3.76. The number of pyridine rings is 1. The number of rotatable bonds is 9. The lowest BCUT2D eigenvalue weighted by molar-refractivity contribution is -0.125. The number of ether oxygens (including phenoxy) is 1. The number of nitrogens with zero attached hydrogens (tertiary/aromatic N) is 5. The highest BCUT2D eigenvalue weighted by molar-refractivity contribution is 7.93. The molecule has 37 heavy (non-hydrogen) atoms. The van der Waals surface area contributed by atoms with Crippen molar-refractivity contribution in [2.75, 3.05) is 24.4 Å². The summed E-state index contributed by atoms with van der Waals surface area (Å²) in [6.45, 7) is 3.31. The molecule has 1 aliphatic heterocycles. The molecule has 2 atom stereocenters. The summed E-state index contributed by atoms with van der Waals surface area (Å²) >= 11 is 0. The van der Waals surface area contributed by atoms with Gasteiger partial charge in [-0.2, -0.15) is 0 Å². The second-order valence-electron chi connectivity index (χ2n) is 9.10. The van der Waals surface area contributed by atoms with Crippen LogP contribution in [0.4, 0.5) is 5.95 Å². The van der Waals surface area contributed by atoms with E-state index in [-0.39, 0.29) is 5.95 Å². The lowest BCUT2D eigenvalue weighted by Gasteiger charge is -2.41. The zero-order valence-corrected chi connectivity index (χ0v) is 21.1. The SMILES string of the molecule is CCOc1cncc(-c2ccc(C3CNCCC3(C(N)=O)c3ccnc(NS(=O)(=O)C4CC4)n3)nc2)n1. The van der Waals surface area contributed by atoms with Crippen LogP contribution in [0.2, 0.25) is 0 Å². The van der Waals surface area contributed by atoms with E-state index in [1.165, 1.54) is 6.20 Å².